The van der Waals surface area contributed by atoms with Crippen molar-refractivity contribution in [1.82, 2.24) is 0 Å². The summed E-state index contributed by atoms with van der Waals surface area (Å²) >= 11 is 3.83. The lowest BCUT2D eigenvalue weighted by Gasteiger charge is -2.50. The molecule has 0 aromatic heterocycles. The van der Waals surface area contributed by atoms with Crippen LogP contribution in [0.4, 0.5) is 101 Å². The molecule has 0 fully saturated rings. The van der Waals surface area contributed by atoms with E-state index in [0.29, 0.717) is 0 Å². The fraction of sp³-hybridized carbons (Fsp3) is 0.867. The topological polar surface area (TPSA) is 0 Å². The Bertz CT molecular complexity index is 898. The molecule has 39 heavy (non-hydrogen) atoms. The first-order valence-corrected chi connectivity index (χ1v) is 9.05. The average Bonchev–Trinajstić information content (AvgIpc) is 2.73. The lowest BCUT2D eigenvalue weighted by atomic mass is 9.71. The summed E-state index contributed by atoms with van der Waals surface area (Å²) in [6, 6.07) is 0. The zero-order valence-corrected chi connectivity index (χ0v) is 17.9. The minimum Gasteiger partial charge on any atom is -0.251 e. The van der Waals surface area contributed by atoms with Crippen LogP contribution in [0.2, 0.25) is 0 Å². The number of hydrogen-bond acceptors (Lipinski definition) is 0. The zero-order valence-electron chi connectivity index (χ0n) is 17.1. The summed E-state index contributed by atoms with van der Waals surface area (Å²) in [5.74, 6) is -33.4. The molecule has 0 amide bonds. The molecule has 0 spiro atoms. The van der Waals surface area contributed by atoms with Crippen molar-refractivity contribution in [2.75, 3.05) is 6.67 Å². The van der Waals surface area contributed by atoms with E-state index < -0.39 is 89.9 Å². The summed E-state index contributed by atoms with van der Waals surface area (Å²) in [6.45, 7) is -2.75. The van der Waals surface area contributed by atoms with E-state index in [-0.39, 0.29) is 0 Å². The molecule has 0 aromatic rings. The fourth-order valence-corrected chi connectivity index (χ4v) is 3.04. The predicted molar refractivity (Wildman–Crippen MR) is 80.0 cm³/mol. The molecule has 0 saturated carbocycles. The molecule has 0 aliphatic heterocycles. The van der Waals surface area contributed by atoms with E-state index >= 15 is 0 Å². The van der Waals surface area contributed by atoms with Crippen LogP contribution in [0.25, 0.3) is 0 Å². The average molecular weight is 659 g/mol. The molecule has 0 aliphatic carbocycles. The van der Waals surface area contributed by atoms with Crippen molar-refractivity contribution in [2.24, 2.45) is 0 Å². The van der Waals surface area contributed by atoms with Crippen LogP contribution in [-0.2, 0) is 0 Å². The van der Waals surface area contributed by atoms with Gasteiger partial charge >= 0.3 is 47.1 Å². The van der Waals surface area contributed by atoms with Gasteiger partial charge in [0, 0.05) is 6.42 Å². The molecule has 0 heterocycles. The molecule has 4 atom stereocenters. The second-order valence-corrected chi connectivity index (χ2v) is 7.61. The van der Waals surface area contributed by atoms with Crippen molar-refractivity contribution in [3.63, 3.8) is 0 Å². The molecule has 0 rings (SSSR count). The standard InChI is InChI=1S/C15H6ClF23/c16-3(4(18)19)8(25,14(34,35)36)12(30,31)9(26,6(21)22)13(32,33)11(29,15(37,38)39)10(27,28)5(20)7(23,24)1-2-17/h5-6H,1-2H2. The second-order valence-electron chi connectivity index (χ2n) is 7.23. The third kappa shape index (κ3) is 4.94. The monoisotopic (exact) mass is 658 g/mol. The quantitative estimate of drug-likeness (QED) is 0.195. The van der Waals surface area contributed by atoms with Gasteiger partial charge in [0.1, 0.15) is 5.03 Å². The van der Waals surface area contributed by atoms with Crippen molar-refractivity contribution in [2.45, 2.75) is 72.1 Å². The van der Waals surface area contributed by atoms with Crippen LogP contribution in [0, 0.1) is 0 Å². The SMILES string of the molecule is FCCC(F)(F)C(F)C(F)(F)C(F)(C(F)(F)F)C(F)(F)C(F)(C(F)F)C(F)(F)C(F)(C(Cl)=C(F)F)C(F)(F)F. The Morgan fingerprint density at radius 3 is 1.26 bits per heavy atom. The van der Waals surface area contributed by atoms with Crippen molar-refractivity contribution in [3.05, 3.63) is 11.1 Å². The summed E-state index contributed by atoms with van der Waals surface area (Å²) in [4.78, 5) is 0. The number of rotatable bonds is 11. The normalized spacial score (nSPS) is 20.2. The van der Waals surface area contributed by atoms with Gasteiger partial charge in [-0.05, 0) is 0 Å². The predicted octanol–water partition coefficient (Wildman–Crippen LogP) is 9.09. The Kier molecular flexibility index (Phi) is 9.94. The largest absolute Gasteiger partial charge is 0.434 e. The van der Waals surface area contributed by atoms with Crippen LogP contribution >= 0.6 is 11.6 Å². The molecule has 0 N–H and O–H groups in total. The molecule has 0 aliphatic rings. The van der Waals surface area contributed by atoms with Crippen LogP contribution in [0.3, 0.4) is 0 Å². The van der Waals surface area contributed by atoms with Crippen LogP contribution in [0.15, 0.2) is 11.1 Å². The summed E-state index contributed by atoms with van der Waals surface area (Å²) < 4.78 is 310. The highest BCUT2D eigenvalue weighted by Gasteiger charge is 2.98. The van der Waals surface area contributed by atoms with Gasteiger partial charge in [-0.15, -0.1) is 0 Å². The highest BCUT2D eigenvalue weighted by molar-refractivity contribution is 6.31. The molecule has 0 nitrogen and oxygen atoms in total. The lowest BCUT2D eigenvalue weighted by Crippen LogP contribution is -2.82. The second kappa shape index (κ2) is 10.4. The maximum absolute atomic E-state index is 14.6. The Hall–Kier alpha value is -1.58. The van der Waals surface area contributed by atoms with Gasteiger partial charge in [-0.2, -0.15) is 61.5 Å². The van der Waals surface area contributed by atoms with E-state index in [1.807, 2.05) is 0 Å². The van der Waals surface area contributed by atoms with E-state index in [0.717, 1.165) is 0 Å². The summed E-state index contributed by atoms with van der Waals surface area (Å²) in [6.07, 6.45) is -38.3. The maximum atomic E-state index is 14.6. The molecule has 4 unspecified atom stereocenters. The molecule has 0 radical (unpaired) electrons. The van der Waals surface area contributed by atoms with Crippen molar-refractivity contribution < 1.29 is 101 Å². The first-order valence-electron chi connectivity index (χ1n) is 8.67. The molecule has 24 heteroatoms. The fourth-order valence-electron chi connectivity index (χ4n) is 2.81. The van der Waals surface area contributed by atoms with Crippen LogP contribution in [0.5, 0.6) is 0 Å². The van der Waals surface area contributed by atoms with Crippen molar-refractivity contribution in [1.29, 1.82) is 0 Å². The maximum Gasteiger partial charge on any atom is 0.434 e. The highest BCUT2D eigenvalue weighted by atomic mass is 35.5. The third-order valence-corrected chi connectivity index (χ3v) is 5.31. The third-order valence-electron chi connectivity index (χ3n) is 4.91. The van der Waals surface area contributed by atoms with Crippen molar-refractivity contribution in [3.8, 4) is 0 Å². The molecular formula is C15H6ClF23. The Labute approximate surface area is 203 Å². The van der Waals surface area contributed by atoms with Crippen LogP contribution in [0.1, 0.15) is 6.42 Å². The van der Waals surface area contributed by atoms with E-state index in [2.05, 4.69) is 11.6 Å². The van der Waals surface area contributed by atoms with Gasteiger partial charge in [0.15, 0.2) is 0 Å². The summed E-state index contributed by atoms with van der Waals surface area (Å²) in [5.41, 5.74) is -26.5. The molecule has 0 aromatic carbocycles. The lowest BCUT2D eigenvalue weighted by molar-refractivity contribution is -0.440. The van der Waals surface area contributed by atoms with Gasteiger partial charge < -0.3 is 0 Å². The van der Waals surface area contributed by atoms with Gasteiger partial charge in [0.25, 0.3) is 18.4 Å². The molecule has 234 valence electrons. The Morgan fingerprint density at radius 1 is 0.615 bits per heavy atom. The summed E-state index contributed by atoms with van der Waals surface area (Å²) in [7, 11) is 0. The number of halogens is 24. The molecule has 0 saturated heterocycles. The molecular weight excluding hydrogens is 653 g/mol. The zero-order chi connectivity index (χ0) is 32.2. The van der Waals surface area contributed by atoms with Gasteiger partial charge in [0.05, 0.1) is 6.67 Å². The van der Waals surface area contributed by atoms with E-state index in [1.165, 1.54) is 0 Å². The van der Waals surface area contributed by atoms with Gasteiger partial charge in [-0.1, -0.05) is 11.6 Å². The number of allylic oxidation sites excluding steroid dienone is 1. The first kappa shape index (κ1) is 37.4. The molecule has 0 bridgehead atoms. The van der Waals surface area contributed by atoms with E-state index in [1.54, 1.807) is 0 Å². The summed E-state index contributed by atoms with van der Waals surface area (Å²) in [5, 5.41) is -4.57. The van der Waals surface area contributed by atoms with Gasteiger partial charge in [-0.3, -0.25) is 4.39 Å². The minimum absolute atomic E-state index is 2.75. The van der Waals surface area contributed by atoms with Gasteiger partial charge in [0.2, 0.25) is 6.17 Å². The van der Waals surface area contributed by atoms with E-state index in [9.17, 15) is 101 Å². The Morgan fingerprint density at radius 2 is 1.00 bits per heavy atom. The first-order chi connectivity index (χ1) is 16.8. The number of hydrogen-bond donors (Lipinski definition) is 0. The van der Waals surface area contributed by atoms with Crippen molar-refractivity contribution >= 4 is 11.6 Å². The number of alkyl halides is 21. The van der Waals surface area contributed by atoms with Crippen LogP contribution in [-0.4, -0.2) is 72.3 Å². The van der Waals surface area contributed by atoms with Crippen LogP contribution < -0.4 is 0 Å². The van der Waals surface area contributed by atoms with Gasteiger partial charge in [-0.25, -0.2) is 35.1 Å². The Balaban J connectivity index is 8.11. The highest BCUT2D eigenvalue weighted by Crippen LogP contribution is 2.68. The van der Waals surface area contributed by atoms with E-state index in [4.69, 9.17) is 0 Å². The minimum atomic E-state index is -9.41. The smallest absolute Gasteiger partial charge is 0.251 e.